The summed E-state index contributed by atoms with van der Waals surface area (Å²) in [5.41, 5.74) is 1.27. The van der Waals surface area contributed by atoms with E-state index in [2.05, 4.69) is 10.6 Å². The van der Waals surface area contributed by atoms with Gasteiger partial charge in [0.2, 0.25) is 5.91 Å². The van der Waals surface area contributed by atoms with Gasteiger partial charge >= 0.3 is 0 Å². The summed E-state index contributed by atoms with van der Waals surface area (Å²) in [6.45, 7) is 3.49. The molecule has 0 atom stereocenters. The fraction of sp³-hybridized carbons (Fsp3) is 0.273. The minimum absolute atomic E-state index is 0.0345. The molecule has 0 aliphatic carbocycles. The molecule has 7 heteroatoms. The fourth-order valence-electron chi connectivity index (χ4n) is 1.23. The second-order valence-corrected chi connectivity index (χ2v) is 4.02. The standard InChI is InChI=1S/C11H13N3O3S/c1-3-10(15)13-11(18)12-9-6-8(14(16)17)5-4-7(9)2/h4-6H,3H2,1-2H3,(H2,12,13,15,18). The van der Waals surface area contributed by atoms with Crippen LogP contribution in [0.25, 0.3) is 0 Å². The third-order valence-electron chi connectivity index (χ3n) is 2.25. The van der Waals surface area contributed by atoms with E-state index >= 15 is 0 Å². The molecule has 18 heavy (non-hydrogen) atoms. The monoisotopic (exact) mass is 267 g/mol. The zero-order chi connectivity index (χ0) is 13.7. The number of carbonyl (C=O) groups excluding carboxylic acids is 1. The molecule has 0 aromatic heterocycles. The van der Waals surface area contributed by atoms with Gasteiger partial charge in [0.25, 0.3) is 5.69 Å². The van der Waals surface area contributed by atoms with Gasteiger partial charge in [-0.05, 0) is 24.7 Å². The number of hydrogen-bond acceptors (Lipinski definition) is 4. The van der Waals surface area contributed by atoms with E-state index in [9.17, 15) is 14.9 Å². The van der Waals surface area contributed by atoms with Crippen molar-refractivity contribution in [1.82, 2.24) is 5.32 Å². The van der Waals surface area contributed by atoms with Crippen LogP contribution in [0.4, 0.5) is 11.4 Å². The summed E-state index contributed by atoms with van der Waals surface area (Å²) in [5.74, 6) is -0.212. The van der Waals surface area contributed by atoms with Crippen LogP contribution in [0, 0.1) is 17.0 Å². The maximum absolute atomic E-state index is 11.1. The Morgan fingerprint density at radius 2 is 2.17 bits per heavy atom. The van der Waals surface area contributed by atoms with Gasteiger partial charge in [-0.1, -0.05) is 13.0 Å². The van der Waals surface area contributed by atoms with Gasteiger partial charge in [-0.15, -0.1) is 0 Å². The van der Waals surface area contributed by atoms with Crippen LogP contribution >= 0.6 is 12.2 Å². The Morgan fingerprint density at radius 3 is 2.72 bits per heavy atom. The molecule has 1 aromatic rings. The molecule has 0 saturated heterocycles. The van der Waals surface area contributed by atoms with Gasteiger partial charge in [0.1, 0.15) is 0 Å². The number of nitrogens with zero attached hydrogens (tertiary/aromatic N) is 1. The van der Waals surface area contributed by atoms with Crippen LogP contribution in [0.1, 0.15) is 18.9 Å². The number of amides is 1. The molecule has 0 saturated carbocycles. The average molecular weight is 267 g/mol. The van der Waals surface area contributed by atoms with Crippen molar-refractivity contribution in [1.29, 1.82) is 0 Å². The molecule has 1 rings (SSSR count). The lowest BCUT2D eigenvalue weighted by Gasteiger charge is -2.10. The van der Waals surface area contributed by atoms with Crippen LogP contribution in [0.2, 0.25) is 0 Å². The van der Waals surface area contributed by atoms with Crippen molar-refractivity contribution in [2.24, 2.45) is 0 Å². The number of rotatable bonds is 3. The molecule has 1 aromatic carbocycles. The summed E-state index contributed by atoms with van der Waals surface area (Å²) in [7, 11) is 0. The summed E-state index contributed by atoms with van der Waals surface area (Å²) in [6, 6.07) is 4.40. The van der Waals surface area contributed by atoms with Gasteiger partial charge in [-0.3, -0.25) is 14.9 Å². The molecule has 0 aliphatic rings. The Hall–Kier alpha value is -2.02. The molecular weight excluding hydrogens is 254 g/mol. The van der Waals surface area contributed by atoms with E-state index in [1.807, 2.05) is 0 Å². The van der Waals surface area contributed by atoms with Crippen molar-refractivity contribution in [3.05, 3.63) is 33.9 Å². The Labute approximate surface area is 110 Å². The molecular formula is C11H13N3O3S. The second-order valence-electron chi connectivity index (χ2n) is 3.61. The highest BCUT2D eigenvalue weighted by atomic mass is 32.1. The van der Waals surface area contributed by atoms with Crippen molar-refractivity contribution in [3.63, 3.8) is 0 Å². The van der Waals surface area contributed by atoms with E-state index in [1.165, 1.54) is 12.1 Å². The van der Waals surface area contributed by atoms with E-state index in [0.29, 0.717) is 12.1 Å². The Morgan fingerprint density at radius 1 is 1.50 bits per heavy atom. The molecule has 0 bridgehead atoms. The van der Waals surface area contributed by atoms with E-state index in [-0.39, 0.29) is 16.7 Å². The molecule has 0 aliphatic heterocycles. The zero-order valence-corrected chi connectivity index (χ0v) is 10.8. The molecule has 0 unspecified atom stereocenters. The number of carbonyl (C=O) groups is 1. The second kappa shape index (κ2) is 6.06. The highest BCUT2D eigenvalue weighted by molar-refractivity contribution is 7.80. The number of hydrogen-bond donors (Lipinski definition) is 2. The largest absolute Gasteiger partial charge is 0.332 e. The highest BCUT2D eigenvalue weighted by Gasteiger charge is 2.10. The third-order valence-corrected chi connectivity index (χ3v) is 2.46. The molecule has 1 amide bonds. The van der Waals surface area contributed by atoms with Crippen LogP contribution in [-0.2, 0) is 4.79 Å². The van der Waals surface area contributed by atoms with Crippen LogP contribution in [0.3, 0.4) is 0 Å². The first-order valence-electron chi connectivity index (χ1n) is 5.30. The number of non-ortho nitro benzene ring substituents is 1. The average Bonchev–Trinajstić information content (AvgIpc) is 2.31. The van der Waals surface area contributed by atoms with Gasteiger partial charge in [0.15, 0.2) is 5.11 Å². The first-order valence-corrected chi connectivity index (χ1v) is 5.70. The Kier molecular flexibility index (Phi) is 4.73. The summed E-state index contributed by atoms with van der Waals surface area (Å²) >= 11 is 4.93. The minimum Gasteiger partial charge on any atom is -0.332 e. The van der Waals surface area contributed by atoms with Crippen LogP contribution in [0.15, 0.2) is 18.2 Å². The first kappa shape index (κ1) is 14.0. The van der Waals surface area contributed by atoms with Gasteiger partial charge in [0.05, 0.1) is 4.92 Å². The van der Waals surface area contributed by atoms with Crippen LogP contribution in [0.5, 0.6) is 0 Å². The van der Waals surface area contributed by atoms with Crippen molar-refractivity contribution in [3.8, 4) is 0 Å². The van der Waals surface area contributed by atoms with E-state index in [1.54, 1.807) is 19.9 Å². The summed E-state index contributed by atoms with van der Waals surface area (Å²) in [4.78, 5) is 21.3. The predicted octanol–water partition coefficient (Wildman–Crippen LogP) is 2.13. The van der Waals surface area contributed by atoms with Crippen molar-refractivity contribution < 1.29 is 9.72 Å². The van der Waals surface area contributed by atoms with E-state index in [4.69, 9.17) is 12.2 Å². The molecule has 0 radical (unpaired) electrons. The summed E-state index contributed by atoms with van der Waals surface area (Å²) in [6.07, 6.45) is 0.315. The number of nitrogens with one attached hydrogen (secondary N) is 2. The van der Waals surface area contributed by atoms with Gasteiger partial charge in [-0.2, -0.15) is 0 Å². The molecule has 0 heterocycles. The lowest BCUT2D eigenvalue weighted by molar-refractivity contribution is -0.384. The molecule has 96 valence electrons. The van der Waals surface area contributed by atoms with E-state index in [0.717, 1.165) is 5.56 Å². The minimum atomic E-state index is -0.488. The lowest BCUT2D eigenvalue weighted by Crippen LogP contribution is -2.33. The van der Waals surface area contributed by atoms with E-state index < -0.39 is 4.92 Å². The topological polar surface area (TPSA) is 84.3 Å². The fourth-order valence-corrected chi connectivity index (χ4v) is 1.45. The van der Waals surface area contributed by atoms with Gasteiger partial charge in [0, 0.05) is 24.2 Å². The highest BCUT2D eigenvalue weighted by Crippen LogP contribution is 2.21. The number of benzene rings is 1. The number of nitro benzene ring substituents is 1. The quantitative estimate of drug-likeness (QED) is 0.498. The number of nitro groups is 1. The van der Waals surface area contributed by atoms with Gasteiger partial charge < -0.3 is 10.6 Å². The van der Waals surface area contributed by atoms with Gasteiger partial charge in [-0.25, -0.2) is 0 Å². The predicted molar refractivity (Wildman–Crippen MR) is 72.5 cm³/mol. The maximum atomic E-state index is 11.1. The smallest absolute Gasteiger partial charge is 0.271 e. The van der Waals surface area contributed by atoms with Crippen molar-refractivity contribution >= 4 is 34.6 Å². The lowest BCUT2D eigenvalue weighted by atomic mass is 10.2. The summed E-state index contributed by atoms with van der Waals surface area (Å²) < 4.78 is 0. The third kappa shape index (κ3) is 3.77. The zero-order valence-electron chi connectivity index (χ0n) is 10.0. The Balaban J connectivity index is 2.83. The SMILES string of the molecule is CCC(=O)NC(=S)Nc1cc([N+](=O)[O-])ccc1C. The normalized spacial score (nSPS) is 9.67. The first-order chi connectivity index (χ1) is 8.43. The molecule has 2 N–H and O–H groups in total. The molecule has 0 fully saturated rings. The molecule has 6 nitrogen and oxygen atoms in total. The van der Waals surface area contributed by atoms with Crippen molar-refractivity contribution in [2.45, 2.75) is 20.3 Å². The maximum Gasteiger partial charge on any atom is 0.271 e. The van der Waals surface area contributed by atoms with Crippen LogP contribution < -0.4 is 10.6 Å². The van der Waals surface area contributed by atoms with Crippen LogP contribution in [-0.4, -0.2) is 15.9 Å². The number of thiocarbonyl (C=S) groups is 1. The molecule has 0 spiro atoms. The number of anilines is 1. The number of aryl methyl sites for hydroxylation is 1. The Bertz CT molecular complexity index is 502. The van der Waals surface area contributed by atoms with Crippen molar-refractivity contribution in [2.75, 3.05) is 5.32 Å². The summed E-state index contributed by atoms with van der Waals surface area (Å²) in [5, 5.41) is 16.0.